The Morgan fingerprint density at radius 3 is 2.42 bits per heavy atom. The van der Waals surface area contributed by atoms with E-state index in [1.165, 1.54) is 12.7 Å². The largest absolute Gasteiger partial charge is 0.330 e. The number of halogens is 1. The standard InChI is InChI=1S/C14H20BrNO2S/c1-19(17,18)12-7-5-6-11(15)13(12)14(10-16)8-3-2-4-9-14/h5-7H,2-4,8-10,16H2,1H3. The van der Waals surface area contributed by atoms with Gasteiger partial charge in [-0.05, 0) is 30.5 Å². The monoisotopic (exact) mass is 345 g/mol. The summed E-state index contributed by atoms with van der Waals surface area (Å²) in [5.74, 6) is 0. The number of hydrogen-bond donors (Lipinski definition) is 1. The second-order valence-electron chi connectivity index (χ2n) is 5.43. The van der Waals surface area contributed by atoms with Crippen molar-refractivity contribution in [3.05, 3.63) is 28.2 Å². The Kier molecular flexibility index (Phi) is 4.38. The van der Waals surface area contributed by atoms with Crippen LogP contribution in [-0.2, 0) is 15.3 Å². The molecule has 0 aliphatic heterocycles. The maximum Gasteiger partial charge on any atom is 0.175 e. The molecule has 0 amide bonds. The third-order valence-electron chi connectivity index (χ3n) is 4.11. The van der Waals surface area contributed by atoms with Crippen molar-refractivity contribution >= 4 is 25.8 Å². The van der Waals surface area contributed by atoms with Gasteiger partial charge in [0.05, 0.1) is 4.90 Å². The van der Waals surface area contributed by atoms with Crippen molar-refractivity contribution in [2.24, 2.45) is 5.73 Å². The van der Waals surface area contributed by atoms with E-state index in [2.05, 4.69) is 15.9 Å². The van der Waals surface area contributed by atoms with Gasteiger partial charge >= 0.3 is 0 Å². The molecule has 106 valence electrons. The van der Waals surface area contributed by atoms with Gasteiger partial charge in [-0.1, -0.05) is 41.3 Å². The molecule has 0 bridgehead atoms. The van der Waals surface area contributed by atoms with E-state index in [9.17, 15) is 8.42 Å². The van der Waals surface area contributed by atoms with Crippen molar-refractivity contribution in [2.75, 3.05) is 12.8 Å². The van der Waals surface area contributed by atoms with Gasteiger partial charge < -0.3 is 5.73 Å². The quantitative estimate of drug-likeness (QED) is 0.915. The molecular weight excluding hydrogens is 326 g/mol. The number of sulfone groups is 1. The molecular formula is C14H20BrNO2S. The van der Waals surface area contributed by atoms with Gasteiger partial charge in [0.15, 0.2) is 9.84 Å². The highest BCUT2D eigenvalue weighted by molar-refractivity contribution is 9.10. The molecule has 1 aliphatic carbocycles. The molecule has 1 aromatic carbocycles. The maximum absolute atomic E-state index is 12.0. The van der Waals surface area contributed by atoms with Crippen LogP contribution in [0, 0.1) is 0 Å². The van der Waals surface area contributed by atoms with Gasteiger partial charge in [-0.2, -0.15) is 0 Å². The van der Waals surface area contributed by atoms with Crippen LogP contribution in [0.25, 0.3) is 0 Å². The number of hydrogen-bond acceptors (Lipinski definition) is 3. The number of rotatable bonds is 3. The molecule has 0 unspecified atom stereocenters. The molecule has 1 saturated carbocycles. The summed E-state index contributed by atoms with van der Waals surface area (Å²) in [5, 5.41) is 0. The van der Waals surface area contributed by atoms with Crippen LogP contribution in [0.2, 0.25) is 0 Å². The van der Waals surface area contributed by atoms with Gasteiger partial charge in [0, 0.05) is 22.7 Å². The smallest absolute Gasteiger partial charge is 0.175 e. The lowest BCUT2D eigenvalue weighted by Gasteiger charge is -2.38. The summed E-state index contributed by atoms with van der Waals surface area (Å²) in [6, 6.07) is 5.38. The zero-order chi connectivity index (χ0) is 14.1. The summed E-state index contributed by atoms with van der Waals surface area (Å²) in [6.07, 6.45) is 6.64. The van der Waals surface area contributed by atoms with E-state index in [0.29, 0.717) is 11.4 Å². The van der Waals surface area contributed by atoms with Crippen LogP contribution in [0.1, 0.15) is 37.7 Å². The maximum atomic E-state index is 12.0. The lowest BCUT2D eigenvalue weighted by Crippen LogP contribution is -2.38. The van der Waals surface area contributed by atoms with Crippen molar-refractivity contribution in [1.82, 2.24) is 0 Å². The zero-order valence-corrected chi connectivity index (χ0v) is 13.6. The lowest BCUT2D eigenvalue weighted by atomic mass is 9.69. The second-order valence-corrected chi connectivity index (χ2v) is 8.27. The Bertz CT molecular complexity index is 563. The third-order valence-corrected chi connectivity index (χ3v) is 5.91. The molecule has 1 aromatic rings. The average Bonchev–Trinajstić information content (AvgIpc) is 2.38. The van der Waals surface area contributed by atoms with E-state index < -0.39 is 9.84 Å². The molecule has 0 atom stereocenters. The molecule has 0 radical (unpaired) electrons. The lowest BCUT2D eigenvalue weighted by molar-refractivity contribution is 0.295. The molecule has 0 saturated heterocycles. The van der Waals surface area contributed by atoms with Crippen molar-refractivity contribution in [3.8, 4) is 0 Å². The van der Waals surface area contributed by atoms with Crippen LogP contribution in [0.15, 0.2) is 27.6 Å². The zero-order valence-electron chi connectivity index (χ0n) is 11.2. The molecule has 0 heterocycles. The predicted molar refractivity (Wildman–Crippen MR) is 81.1 cm³/mol. The van der Waals surface area contributed by atoms with E-state index in [1.54, 1.807) is 12.1 Å². The topological polar surface area (TPSA) is 60.2 Å². The number of benzene rings is 1. The van der Waals surface area contributed by atoms with Crippen molar-refractivity contribution in [3.63, 3.8) is 0 Å². The van der Waals surface area contributed by atoms with Gasteiger partial charge in [0.1, 0.15) is 0 Å². The highest BCUT2D eigenvalue weighted by Crippen LogP contribution is 2.44. The van der Waals surface area contributed by atoms with Crippen molar-refractivity contribution in [2.45, 2.75) is 42.4 Å². The van der Waals surface area contributed by atoms with Crippen LogP contribution < -0.4 is 5.73 Å². The Morgan fingerprint density at radius 2 is 1.89 bits per heavy atom. The van der Waals surface area contributed by atoms with E-state index in [-0.39, 0.29) is 5.41 Å². The second kappa shape index (κ2) is 5.54. The minimum Gasteiger partial charge on any atom is -0.330 e. The van der Waals surface area contributed by atoms with E-state index in [4.69, 9.17) is 5.73 Å². The normalized spacial score (nSPS) is 19.3. The summed E-state index contributed by atoms with van der Waals surface area (Å²) >= 11 is 3.53. The van der Waals surface area contributed by atoms with E-state index in [0.717, 1.165) is 35.7 Å². The Hall–Kier alpha value is -0.390. The van der Waals surface area contributed by atoms with Gasteiger partial charge in [-0.15, -0.1) is 0 Å². The Labute approximate surface area is 123 Å². The first-order valence-corrected chi connectivity index (χ1v) is 9.28. The minimum atomic E-state index is -3.24. The fourth-order valence-electron chi connectivity index (χ4n) is 3.11. The van der Waals surface area contributed by atoms with Crippen LogP contribution in [0.3, 0.4) is 0 Å². The molecule has 2 rings (SSSR count). The molecule has 0 spiro atoms. The Balaban J connectivity index is 2.66. The summed E-state index contributed by atoms with van der Waals surface area (Å²) in [4.78, 5) is 0.425. The fourth-order valence-corrected chi connectivity index (χ4v) is 5.05. The van der Waals surface area contributed by atoms with Gasteiger partial charge in [-0.3, -0.25) is 0 Å². The van der Waals surface area contributed by atoms with Gasteiger partial charge in [0.2, 0.25) is 0 Å². The third kappa shape index (κ3) is 2.88. The molecule has 5 heteroatoms. The van der Waals surface area contributed by atoms with Crippen LogP contribution in [-0.4, -0.2) is 21.2 Å². The highest BCUT2D eigenvalue weighted by atomic mass is 79.9. The van der Waals surface area contributed by atoms with Crippen LogP contribution in [0.5, 0.6) is 0 Å². The fraction of sp³-hybridized carbons (Fsp3) is 0.571. The molecule has 2 N–H and O–H groups in total. The van der Waals surface area contributed by atoms with Gasteiger partial charge in [-0.25, -0.2) is 8.42 Å². The summed E-state index contributed by atoms with van der Waals surface area (Å²) in [6.45, 7) is 0.498. The predicted octanol–water partition coefficient (Wildman–Crippen LogP) is 3.01. The Morgan fingerprint density at radius 1 is 1.26 bits per heavy atom. The van der Waals surface area contributed by atoms with E-state index in [1.807, 2.05) is 6.07 Å². The molecule has 19 heavy (non-hydrogen) atoms. The molecule has 1 aliphatic rings. The van der Waals surface area contributed by atoms with Gasteiger partial charge in [0.25, 0.3) is 0 Å². The van der Waals surface area contributed by atoms with Crippen LogP contribution >= 0.6 is 15.9 Å². The summed E-state index contributed by atoms with van der Waals surface area (Å²) in [7, 11) is -3.24. The van der Waals surface area contributed by atoms with E-state index >= 15 is 0 Å². The summed E-state index contributed by atoms with van der Waals surface area (Å²) < 4.78 is 25.0. The highest BCUT2D eigenvalue weighted by Gasteiger charge is 2.37. The first kappa shape index (κ1) is 15.0. The molecule has 0 aromatic heterocycles. The molecule has 3 nitrogen and oxygen atoms in total. The van der Waals surface area contributed by atoms with Crippen molar-refractivity contribution < 1.29 is 8.42 Å². The first-order valence-electron chi connectivity index (χ1n) is 6.60. The molecule has 1 fully saturated rings. The summed E-state index contributed by atoms with van der Waals surface area (Å²) in [5.41, 5.74) is 6.73. The SMILES string of the molecule is CS(=O)(=O)c1cccc(Br)c1C1(CN)CCCCC1. The van der Waals surface area contributed by atoms with Crippen LogP contribution in [0.4, 0.5) is 0 Å². The average molecular weight is 346 g/mol. The van der Waals surface area contributed by atoms with Crippen molar-refractivity contribution in [1.29, 1.82) is 0 Å². The first-order chi connectivity index (χ1) is 8.91. The minimum absolute atomic E-state index is 0.198. The number of nitrogens with two attached hydrogens (primary N) is 1.